The highest BCUT2D eigenvalue weighted by molar-refractivity contribution is 5.72. The molecule has 1 amide bonds. The summed E-state index contributed by atoms with van der Waals surface area (Å²) in [6.07, 6.45) is -1.34. The minimum Gasteiger partial charge on any atom is -0.481 e. The van der Waals surface area contributed by atoms with Crippen LogP contribution >= 0.6 is 0 Å². The average molecular weight is 300 g/mol. The number of amides is 1. The Hall–Kier alpha value is -2.58. The van der Waals surface area contributed by atoms with Crippen molar-refractivity contribution < 1.29 is 28.8 Å². The molecule has 1 heterocycles. The molecule has 0 fully saturated rings. The maximum atomic E-state index is 11.7. The van der Waals surface area contributed by atoms with Gasteiger partial charge in [-0.15, -0.1) is 0 Å². The molecule has 0 spiro atoms. The number of nitrogens with zero attached hydrogens (tertiary/aromatic N) is 1. The molecule has 0 aliphatic carbocycles. The number of carboxylic acid groups (broad SMARTS) is 1. The molecular formula is C12H16N2O7. The van der Waals surface area contributed by atoms with Gasteiger partial charge in [0.25, 0.3) is 0 Å². The van der Waals surface area contributed by atoms with Gasteiger partial charge in [-0.05, 0) is 26.8 Å². The first-order chi connectivity index (χ1) is 9.58. The molecule has 1 atom stereocenters. The number of nitro groups is 1. The van der Waals surface area contributed by atoms with Gasteiger partial charge in [-0.2, -0.15) is 0 Å². The lowest BCUT2D eigenvalue weighted by Gasteiger charge is -2.22. The Kier molecular flexibility index (Phi) is 4.90. The monoisotopic (exact) mass is 300 g/mol. The first-order valence-electron chi connectivity index (χ1n) is 6.04. The number of aliphatic carboxylic acids is 1. The SMILES string of the molecule is CC(C)(C)OC(=O)N[C@H](CC(=O)O)c1ccc([N+](=O)[O-])o1. The summed E-state index contributed by atoms with van der Waals surface area (Å²) < 4.78 is 9.91. The molecule has 0 saturated heterocycles. The third-order valence-corrected chi connectivity index (χ3v) is 2.21. The molecule has 1 rings (SSSR count). The molecule has 0 saturated carbocycles. The standard InChI is InChI=1S/C12H16N2O7/c1-12(2,3)21-11(17)13-7(6-10(15)16)8-4-5-9(20-8)14(18)19/h4-5,7H,6H2,1-3H3,(H,13,17)(H,15,16)/t7-/m1/s1. The summed E-state index contributed by atoms with van der Waals surface area (Å²) in [6.45, 7) is 4.95. The lowest BCUT2D eigenvalue weighted by atomic mass is 10.1. The van der Waals surface area contributed by atoms with Crippen molar-refractivity contribution in [3.8, 4) is 0 Å². The summed E-state index contributed by atoms with van der Waals surface area (Å²) in [5, 5.41) is 21.7. The number of carboxylic acids is 1. The molecule has 0 radical (unpaired) electrons. The molecule has 9 heteroatoms. The number of nitrogens with one attached hydrogen (secondary N) is 1. The van der Waals surface area contributed by atoms with Gasteiger partial charge in [0, 0.05) is 0 Å². The highest BCUT2D eigenvalue weighted by Gasteiger charge is 2.26. The molecule has 0 aliphatic heterocycles. The van der Waals surface area contributed by atoms with Gasteiger partial charge in [0.05, 0.1) is 12.5 Å². The largest absolute Gasteiger partial charge is 0.481 e. The summed E-state index contributed by atoms with van der Waals surface area (Å²) in [7, 11) is 0. The summed E-state index contributed by atoms with van der Waals surface area (Å²) in [5.41, 5.74) is -0.757. The van der Waals surface area contributed by atoms with Gasteiger partial charge in [-0.3, -0.25) is 14.9 Å². The maximum absolute atomic E-state index is 11.7. The molecule has 116 valence electrons. The first kappa shape index (κ1) is 16.5. The molecule has 9 nitrogen and oxygen atoms in total. The molecule has 1 aromatic rings. The number of carbonyl (C=O) groups is 2. The molecule has 21 heavy (non-hydrogen) atoms. The van der Waals surface area contributed by atoms with E-state index in [0.717, 1.165) is 6.07 Å². The van der Waals surface area contributed by atoms with Crippen molar-refractivity contribution in [1.29, 1.82) is 0 Å². The fraction of sp³-hybridized carbons (Fsp3) is 0.500. The number of hydrogen-bond acceptors (Lipinski definition) is 6. The van der Waals surface area contributed by atoms with E-state index in [1.165, 1.54) is 6.07 Å². The Bertz CT molecular complexity index is 544. The Morgan fingerprint density at radius 1 is 1.48 bits per heavy atom. The van der Waals surface area contributed by atoms with Gasteiger partial charge in [-0.1, -0.05) is 0 Å². The molecule has 0 unspecified atom stereocenters. The van der Waals surface area contributed by atoms with E-state index in [-0.39, 0.29) is 5.76 Å². The molecule has 0 aliphatic rings. The normalized spacial score (nSPS) is 12.5. The van der Waals surface area contributed by atoms with Crippen molar-refractivity contribution in [2.45, 2.75) is 38.8 Å². The third kappa shape index (κ3) is 5.51. The van der Waals surface area contributed by atoms with Gasteiger partial charge < -0.3 is 19.6 Å². The van der Waals surface area contributed by atoms with Crippen molar-refractivity contribution in [2.75, 3.05) is 0 Å². The van der Waals surface area contributed by atoms with Crippen molar-refractivity contribution in [3.63, 3.8) is 0 Å². The average Bonchev–Trinajstić information content (AvgIpc) is 2.73. The van der Waals surface area contributed by atoms with Crippen molar-refractivity contribution in [3.05, 3.63) is 28.0 Å². The van der Waals surface area contributed by atoms with Crippen molar-refractivity contribution in [1.82, 2.24) is 5.32 Å². The van der Waals surface area contributed by atoms with E-state index in [2.05, 4.69) is 5.32 Å². The van der Waals surface area contributed by atoms with Crippen LogP contribution in [0.1, 0.15) is 39.0 Å². The molecule has 0 bridgehead atoms. The van der Waals surface area contributed by atoms with Gasteiger partial charge in [0.15, 0.2) is 0 Å². The molecule has 2 N–H and O–H groups in total. The van der Waals surface area contributed by atoms with E-state index in [1.54, 1.807) is 20.8 Å². The quantitative estimate of drug-likeness (QED) is 0.629. The van der Waals surface area contributed by atoms with Crippen molar-refractivity contribution in [2.24, 2.45) is 0 Å². The zero-order valence-corrected chi connectivity index (χ0v) is 11.8. The van der Waals surface area contributed by atoms with Gasteiger partial charge in [0.2, 0.25) is 0 Å². The second kappa shape index (κ2) is 6.25. The molecule has 0 aromatic carbocycles. The lowest BCUT2D eigenvalue weighted by Crippen LogP contribution is -2.35. The Labute approximate surface area is 120 Å². The Balaban J connectivity index is 2.87. The summed E-state index contributed by atoms with van der Waals surface area (Å²) in [4.78, 5) is 32.3. The van der Waals surface area contributed by atoms with Crippen LogP contribution in [-0.4, -0.2) is 27.7 Å². The third-order valence-electron chi connectivity index (χ3n) is 2.21. The Morgan fingerprint density at radius 2 is 2.10 bits per heavy atom. The van der Waals surface area contributed by atoms with E-state index < -0.39 is 40.9 Å². The highest BCUT2D eigenvalue weighted by Crippen LogP contribution is 2.24. The smallest absolute Gasteiger partial charge is 0.433 e. The maximum Gasteiger partial charge on any atom is 0.433 e. The number of alkyl carbamates (subject to hydrolysis) is 1. The summed E-state index contributed by atoms with van der Waals surface area (Å²) >= 11 is 0. The number of rotatable bonds is 5. The molecule has 1 aromatic heterocycles. The number of carbonyl (C=O) groups excluding carboxylic acids is 1. The van der Waals surface area contributed by atoms with E-state index >= 15 is 0 Å². The predicted molar refractivity (Wildman–Crippen MR) is 69.7 cm³/mol. The lowest BCUT2D eigenvalue weighted by molar-refractivity contribution is -0.402. The van der Waals surface area contributed by atoms with Crippen LogP contribution in [0.4, 0.5) is 10.7 Å². The van der Waals surface area contributed by atoms with Crippen LogP contribution in [0.25, 0.3) is 0 Å². The van der Waals surface area contributed by atoms with E-state index in [9.17, 15) is 19.7 Å². The van der Waals surface area contributed by atoms with Crippen molar-refractivity contribution >= 4 is 17.9 Å². The van der Waals surface area contributed by atoms with Crippen LogP contribution in [0.5, 0.6) is 0 Å². The Morgan fingerprint density at radius 3 is 2.52 bits per heavy atom. The van der Waals surface area contributed by atoms with Crippen LogP contribution in [0, 0.1) is 10.1 Å². The van der Waals surface area contributed by atoms with Gasteiger partial charge in [-0.25, -0.2) is 4.79 Å². The number of ether oxygens (including phenoxy) is 1. The van der Waals surface area contributed by atoms with Gasteiger partial charge >= 0.3 is 17.9 Å². The van der Waals surface area contributed by atoms with Crippen LogP contribution < -0.4 is 5.32 Å². The zero-order chi connectivity index (χ0) is 16.2. The highest BCUT2D eigenvalue weighted by atomic mass is 16.6. The van der Waals surface area contributed by atoms with Crippen LogP contribution in [0.3, 0.4) is 0 Å². The van der Waals surface area contributed by atoms with Gasteiger partial charge in [0.1, 0.15) is 22.3 Å². The minimum absolute atomic E-state index is 0.0324. The summed E-state index contributed by atoms with van der Waals surface area (Å²) in [6, 6.07) is 1.26. The first-order valence-corrected chi connectivity index (χ1v) is 6.04. The summed E-state index contributed by atoms with van der Waals surface area (Å²) in [5.74, 6) is -1.77. The fourth-order valence-electron chi connectivity index (χ4n) is 1.47. The fourth-order valence-corrected chi connectivity index (χ4v) is 1.47. The minimum atomic E-state index is -1.20. The van der Waals surface area contributed by atoms with E-state index in [4.69, 9.17) is 14.3 Å². The predicted octanol–water partition coefficient (Wildman–Crippen LogP) is 2.23. The van der Waals surface area contributed by atoms with Crippen LogP contribution in [0.15, 0.2) is 16.5 Å². The number of hydrogen-bond donors (Lipinski definition) is 2. The van der Waals surface area contributed by atoms with E-state index in [0.29, 0.717) is 0 Å². The van der Waals surface area contributed by atoms with E-state index in [1.807, 2.05) is 0 Å². The van der Waals surface area contributed by atoms with Crippen LogP contribution in [0.2, 0.25) is 0 Å². The second-order valence-electron chi connectivity index (χ2n) is 5.23. The van der Waals surface area contributed by atoms with Crippen LogP contribution in [-0.2, 0) is 9.53 Å². The zero-order valence-electron chi connectivity index (χ0n) is 11.8. The number of furan rings is 1. The topological polar surface area (TPSA) is 132 Å². The second-order valence-corrected chi connectivity index (χ2v) is 5.23. The molecular weight excluding hydrogens is 284 g/mol.